The smallest absolute Gasteiger partial charge is 0.274 e. The van der Waals surface area contributed by atoms with Crippen molar-refractivity contribution in [2.75, 3.05) is 19.3 Å². The monoisotopic (exact) mass is 376 g/mol. The van der Waals surface area contributed by atoms with E-state index in [4.69, 9.17) is 5.73 Å². The van der Waals surface area contributed by atoms with Gasteiger partial charge in [-0.05, 0) is 11.1 Å². The lowest BCUT2D eigenvalue weighted by Crippen LogP contribution is -2.26. The zero-order valence-corrected chi connectivity index (χ0v) is 14.4. The van der Waals surface area contributed by atoms with E-state index < -0.39 is 4.92 Å². The van der Waals surface area contributed by atoms with E-state index in [0.717, 1.165) is 23.3 Å². The van der Waals surface area contributed by atoms with E-state index in [1.54, 1.807) is 18.8 Å². The van der Waals surface area contributed by atoms with E-state index in [9.17, 15) is 10.1 Å². The average molecular weight is 377 g/mol. The predicted octanol–water partition coefficient (Wildman–Crippen LogP) is 1.84. The molecule has 0 aliphatic rings. The van der Waals surface area contributed by atoms with Crippen molar-refractivity contribution in [2.24, 2.45) is 5.73 Å². The van der Waals surface area contributed by atoms with E-state index in [2.05, 4.69) is 22.8 Å². The average Bonchev–Trinajstić information content (AvgIpc) is 2.45. The summed E-state index contributed by atoms with van der Waals surface area (Å²) in [6.45, 7) is 1.22. The summed E-state index contributed by atoms with van der Waals surface area (Å²) >= 11 is 1.77. The second kappa shape index (κ2) is 11.4. The van der Waals surface area contributed by atoms with Crippen LogP contribution in [0.1, 0.15) is 11.1 Å². The molecule has 8 heteroatoms. The fourth-order valence-electron chi connectivity index (χ4n) is 1.60. The molecule has 0 saturated carbocycles. The van der Waals surface area contributed by atoms with E-state index in [0.29, 0.717) is 18.9 Å². The number of nitrogens with two attached hydrogens (primary N) is 1. The largest absolute Gasteiger partial charge is 0.370 e. The van der Waals surface area contributed by atoms with Gasteiger partial charge in [0.05, 0.1) is 4.92 Å². The highest BCUT2D eigenvalue weighted by molar-refractivity contribution is 8.93. The van der Waals surface area contributed by atoms with Gasteiger partial charge < -0.3 is 16.4 Å². The molecule has 0 fully saturated rings. The van der Waals surface area contributed by atoms with Crippen molar-refractivity contribution in [3.05, 3.63) is 57.5 Å². The Hall–Kier alpha value is -1.25. The van der Waals surface area contributed by atoms with Crippen molar-refractivity contribution >= 4 is 28.7 Å². The Labute approximate surface area is 139 Å². The zero-order valence-electron chi connectivity index (χ0n) is 11.9. The Morgan fingerprint density at radius 1 is 1.48 bits per heavy atom. The van der Waals surface area contributed by atoms with Crippen LogP contribution in [0.5, 0.6) is 0 Å². The number of nitro groups is 1. The van der Waals surface area contributed by atoms with Crippen molar-refractivity contribution in [2.45, 2.75) is 12.3 Å². The van der Waals surface area contributed by atoms with Crippen LogP contribution < -0.4 is 16.4 Å². The molecule has 0 aromatic heterocycles. The predicted molar refractivity (Wildman–Crippen MR) is 93.0 cm³/mol. The fourth-order valence-corrected chi connectivity index (χ4v) is 2.40. The van der Waals surface area contributed by atoms with E-state index in [1.165, 1.54) is 5.56 Å². The summed E-state index contributed by atoms with van der Waals surface area (Å²) in [5, 5.41) is 16.1. The molecular formula is C13H21BrN4O2S. The Kier molecular flexibility index (Phi) is 10.7. The molecule has 0 atom stereocenters. The van der Waals surface area contributed by atoms with Crippen LogP contribution in [0.4, 0.5) is 0 Å². The molecule has 0 saturated heterocycles. The summed E-state index contributed by atoms with van der Waals surface area (Å²) in [6, 6.07) is 8.20. The molecule has 0 spiro atoms. The summed E-state index contributed by atoms with van der Waals surface area (Å²) in [6.07, 6.45) is 0.926. The molecule has 0 amide bonds. The van der Waals surface area contributed by atoms with Gasteiger partial charge in [-0.1, -0.05) is 24.3 Å². The summed E-state index contributed by atoms with van der Waals surface area (Å²) in [4.78, 5) is 9.85. The lowest BCUT2D eigenvalue weighted by Gasteiger charge is -2.08. The van der Waals surface area contributed by atoms with Gasteiger partial charge in [0.15, 0.2) is 5.82 Å². The molecule has 4 N–H and O–H groups in total. The molecule has 0 bridgehead atoms. The summed E-state index contributed by atoms with van der Waals surface area (Å²) < 4.78 is 0. The number of hydrogen-bond donors (Lipinski definition) is 3. The van der Waals surface area contributed by atoms with Crippen LogP contribution in [0, 0.1) is 10.1 Å². The van der Waals surface area contributed by atoms with Crippen LogP contribution >= 0.6 is 28.7 Å². The quantitative estimate of drug-likeness (QED) is 0.346. The molecule has 21 heavy (non-hydrogen) atoms. The lowest BCUT2D eigenvalue weighted by molar-refractivity contribution is -0.404. The first-order valence-electron chi connectivity index (χ1n) is 6.28. The molecule has 118 valence electrons. The zero-order chi connectivity index (χ0) is 14.8. The maximum absolute atomic E-state index is 10.3. The van der Waals surface area contributed by atoms with Crippen LogP contribution in [0.2, 0.25) is 0 Å². The second-order valence-corrected chi connectivity index (χ2v) is 5.19. The highest BCUT2D eigenvalue weighted by atomic mass is 79.9. The van der Waals surface area contributed by atoms with Gasteiger partial charge in [-0.2, -0.15) is 11.8 Å². The normalized spacial score (nSPS) is 10.7. The van der Waals surface area contributed by atoms with Gasteiger partial charge in [0, 0.05) is 31.6 Å². The maximum atomic E-state index is 10.3. The lowest BCUT2D eigenvalue weighted by atomic mass is 10.1. The van der Waals surface area contributed by atoms with Crippen molar-refractivity contribution in [1.82, 2.24) is 10.6 Å². The molecule has 1 aromatic carbocycles. The third-order valence-corrected chi connectivity index (χ3v) is 3.59. The van der Waals surface area contributed by atoms with Crippen molar-refractivity contribution in [1.29, 1.82) is 0 Å². The van der Waals surface area contributed by atoms with Crippen LogP contribution in [-0.2, 0) is 12.3 Å². The molecule has 6 nitrogen and oxygen atoms in total. The Morgan fingerprint density at radius 3 is 2.81 bits per heavy atom. The first-order valence-corrected chi connectivity index (χ1v) is 7.43. The van der Waals surface area contributed by atoms with Crippen LogP contribution in [0.15, 0.2) is 36.3 Å². The SMILES string of the molecule is Br.CN/C(=C\[N+](=O)[O-])NCCSCc1cccc(CN)c1. The highest BCUT2D eigenvalue weighted by Crippen LogP contribution is 2.13. The molecule has 1 aromatic rings. The number of nitrogens with zero attached hydrogens (tertiary/aromatic N) is 1. The van der Waals surface area contributed by atoms with Crippen molar-refractivity contribution in [3.8, 4) is 0 Å². The molecule has 0 unspecified atom stereocenters. The number of halogens is 1. The second-order valence-electron chi connectivity index (χ2n) is 4.08. The third-order valence-electron chi connectivity index (χ3n) is 2.56. The summed E-state index contributed by atoms with van der Waals surface area (Å²) in [5.74, 6) is 2.19. The van der Waals surface area contributed by atoms with E-state index in [1.807, 2.05) is 12.1 Å². The molecule has 0 heterocycles. The minimum atomic E-state index is -0.482. The molecule has 0 radical (unpaired) electrons. The summed E-state index contributed by atoms with van der Waals surface area (Å²) in [5.41, 5.74) is 7.97. The van der Waals surface area contributed by atoms with E-state index >= 15 is 0 Å². The van der Waals surface area contributed by atoms with Gasteiger partial charge in [-0.25, -0.2) is 0 Å². The molecule has 1 rings (SSSR count). The first-order chi connectivity index (χ1) is 9.65. The van der Waals surface area contributed by atoms with Gasteiger partial charge in [0.2, 0.25) is 0 Å². The van der Waals surface area contributed by atoms with Gasteiger partial charge >= 0.3 is 0 Å². The third kappa shape index (κ3) is 8.59. The number of hydrogen-bond acceptors (Lipinski definition) is 6. The standard InChI is InChI=1S/C13H20N4O2S.BrH/c1-15-13(9-17(18)19)16-5-6-20-10-12-4-2-3-11(7-12)8-14;/h2-4,7,9,15-16H,5-6,8,10,14H2,1H3;1H/b13-9+;. The van der Waals surface area contributed by atoms with Gasteiger partial charge in [0.25, 0.3) is 6.20 Å². The first kappa shape index (κ1) is 19.8. The molecule has 0 aliphatic heterocycles. The number of thioether (sulfide) groups is 1. The number of benzene rings is 1. The Morgan fingerprint density at radius 2 is 2.19 bits per heavy atom. The minimum absolute atomic E-state index is 0. The van der Waals surface area contributed by atoms with Crippen molar-refractivity contribution in [3.63, 3.8) is 0 Å². The maximum Gasteiger partial charge on any atom is 0.274 e. The van der Waals surface area contributed by atoms with E-state index in [-0.39, 0.29) is 17.0 Å². The minimum Gasteiger partial charge on any atom is -0.370 e. The molecular weight excluding hydrogens is 356 g/mol. The fraction of sp³-hybridized carbons (Fsp3) is 0.385. The van der Waals surface area contributed by atoms with Crippen LogP contribution in [-0.4, -0.2) is 24.3 Å². The topological polar surface area (TPSA) is 93.2 Å². The molecule has 0 aliphatic carbocycles. The van der Waals surface area contributed by atoms with Gasteiger partial charge in [-0.3, -0.25) is 10.1 Å². The Balaban J connectivity index is 0.00000400. The number of rotatable bonds is 9. The number of nitrogens with one attached hydrogen (secondary N) is 2. The van der Waals surface area contributed by atoms with Crippen LogP contribution in [0.3, 0.4) is 0 Å². The summed E-state index contributed by atoms with van der Waals surface area (Å²) in [7, 11) is 1.65. The van der Waals surface area contributed by atoms with Crippen molar-refractivity contribution < 1.29 is 4.92 Å². The Bertz CT molecular complexity index is 471. The highest BCUT2D eigenvalue weighted by Gasteiger charge is 2.00. The van der Waals surface area contributed by atoms with Crippen LogP contribution in [0.25, 0.3) is 0 Å². The van der Waals surface area contributed by atoms with Gasteiger partial charge in [-0.15, -0.1) is 17.0 Å². The van der Waals surface area contributed by atoms with Gasteiger partial charge in [0.1, 0.15) is 0 Å².